The minimum atomic E-state index is -0.905. The molecule has 1 fully saturated rings. The molecule has 0 heterocycles. The molecule has 20 heavy (non-hydrogen) atoms. The molecule has 0 aromatic heterocycles. The average Bonchev–Trinajstić information content (AvgIpc) is 2.85. The molecular formula is C13H17FN2O4. The molecule has 7 heteroatoms. The lowest BCUT2D eigenvalue weighted by Crippen LogP contribution is -2.18. The van der Waals surface area contributed by atoms with Gasteiger partial charge in [0.05, 0.1) is 18.1 Å². The number of nitrogens with one attached hydrogen (secondary N) is 1. The largest absolute Gasteiger partial charge is 0.497 e. The normalized spacial score (nSPS) is 21.8. The van der Waals surface area contributed by atoms with Crippen LogP contribution in [0.25, 0.3) is 0 Å². The molecule has 0 aliphatic heterocycles. The van der Waals surface area contributed by atoms with Crippen molar-refractivity contribution < 1.29 is 18.8 Å². The molecule has 0 bridgehead atoms. The summed E-state index contributed by atoms with van der Waals surface area (Å²) in [7, 11) is 3.03. The molecule has 1 aliphatic rings. The molecular weight excluding hydrogens is 267 g/mol. The van der Waals surface area contributed by atoms with E-state index in [0.717, 1.165) is 25.3 Å². The molecule has 6 nitrogen and oxygen atoms in total. The van der Waals surface area contributed by atoms with Gasteiger partial charge in [-0.15, -0.1) is 0 Å². The highest BCUT2D eigenvalue weighted by molar-refractivity contribution is 5.65. The number of hydrogen-bond donors (Lipinski definition) is 1. The third-order valence-electron chi connectivity index (χ3n) is 3.53. The maximum Gasteiger partial charge on any atom is 0.327 e. The molecule has 1 aliphatic carbocycles. The number of nitrogens with zero attached hydrogens (tertiary/aromatic N) is 1. The van der Waals surface area contributed by atoms with Crippen LogP contribution >= 0.6 is 0 Å². The van der Waals surface area contributed by atoms with E-state index in [1.807, 2.05) is 0 Å². The van der Waals surface area contributed by atoms with Crippen LogP contribution in [-0.4, -0.2) is 31.3 Å². The molecule has 1 saturated carbocycles. The molecule has 2 unspecified atom stereocenters. The Morgan fingerprint density at radius 3 is 2.70 bits per heavy atom. The van der Waals surface area contributed by atoms with E-state index in [4.69, 9.17) is 9.47 Å². The summed E-state index contributed by atoms with van der Waals surface area (Å²) in [6.45, 7) is 0. The smallest absolute Gasteiger partial charge is 0.327 e. The Labute approximate surface area is 116 Å². The first kappa shape index (κ1) is 14.5. The summed E-state index contributed by atoms with van der Waals surface area (Å²) in [5, 5.41) is 14.0. The molecule has 0 radical (unpaired) electrons. The van der Waals surface area contributed by atoms with E-state index in [2.05, 4.69) is 5.32 Å². The number of anilines is 1. The van der Waals surface area contributed by atoms with E-state index in [1.54, 1.807) is 7.11 Å². The van der Waals surface area contributed by atoms with E-state index in [9.17, 15) is 14.5 Å². The first-order valence-electron chi connectivity index (χ1n) is 6.36. The Morgan fingerprint density at radius 1 is 1.40 bits per heavy atom. The zero-order chi connectivity index (χ0) is 14.7. The predicted molar refractivity (Wildman–Crippen MR) is 71.7 cm³/mol. The van der Waals surface area contributed by atoms with E-state index in [-0.39, 0.29) is 23.6 Å². The summed E-state index contributed by atoms with van der Waals surface area (Å²) in [5.74, 6) is -0.657. The lowest BCUT2D eigenvalue weighted by molar-refractivity contribution is -0.386. The molecule has 0 saturated heterocycles. The summed E-state index contributed by atoms with van der Waals surface area (Å²) in [5.41, 5.74) is -0.403. The molecule has 1 aromatic rings. The lowest BCUT2D eigenvalue weighted by atomic mass is 10.2. The van der Waals surface area contributed by atoms with E-state index < -0.39 is 16.4 Å². The zero-order valence-corrected chi connectivity index (χ0v) is 11.4. The van der Waals surface area contributed by atoms with Crippen molar-refractivity contribution in [3.05, 3.63) is 28.1 Å². The number of hydrogen-bond acceptors (Lipinski definition) is 5. The molecule has 1 N–H and O–H groups in total. The number of benzene rings is 1. The summed E-state index contributed by atoms with van der Waals surface area (Å²) in [6, 6.07) is 2.49. The SMILES string of the molecule is COc1cc(F)c([N+](=O)[O-])c(NC2CCC(OC)C2)c1. The average molecular weight is 284 g/mol. The highest BCUT2D eigenvalue weighted by atomic mass is 19.1. The van der Waals surface area contributed by atoms with Gasteiger partial charge in [-0.25, -0.2) is 0 Å². The van der Waals surface area contributed by atoms with Crippen molar-refractivity contribution >= 4 is 11.4 Å². The minimum Gasteiger partial charge on any atom is -0.497 e. The second-order valence-corrected chi connectivity index (χ2v) is 4.77. The molecule has 0 amide bonds. The van der Waals surface area contributed by atoms with Crippen molar-refractivity contribution in [2.75, 3.05) is 19.5 Å². The lowest BCUT2D eigenvalue weighted by Gasteiger charge is -2.15. The van der Waals surface area contributed by atoms with Crippen LogP contribution in [0.3, 0.4) is 0 Å². The quantitative estimate of drug-likeness (QED) is 0.664. The fourth-order valence-corrected chi connectivity index (χ4v) is 2.49. The van der Waals surface area contributed by atoms with Crippen molar-refractivity contribution in [1.29, 1.82) is 0 Å². The van der Waals surface area contributed by atoms with Crippen LogP contribution in [0.5, 0.6) is 5.75 Å². The van der Waals surface area contributed by atoms with Crippen molar-refractivity contribution in [3.63, 3.8) is 0 Å². The summed E-state index contributed by atoms with van der Waals surface area (Å²) >= 11 is 0. The fraction of sp³-hybridized carbons (Fsp3) is 0.538. The van der Waals surface area contributed by atoms with Gasteiger partial charge in [0, 0.05) is 25.3 Å². The molecule has 1 aromatic carbocycles. The van der Waals surface area contributed by atoms with Gasteiger partial charge in [-0.2, -0.15) is 4.39 Å². The van der Waals surface area contributed by atoms with E-state index in [1.165, 1.54) is 13.2 Å². The highest BCUT2D eigenvalue weighted by Crippen LogP contribution is 2.35. The second-order valence-electron chi connectivity index (χ2n) is 4.77. The van der Waals surface area contributed by atoms with Gasteiger partial charge in [0.25, 0.3) is 0 Å². The maximum absolute atomic E-state index is 13.8. The Bertz CT molecular complexity index is 509. The number of nitro benzene ring substituents is 1. The van der Waals surface area contributed by atoms with Crippen molar-refractivity contribution in [2.24, 2.45) is 0 Å². The fourth-order valence-electron chi connectivity index (χ4n) is 2.49. The van der Waals surface area contributed by atoms with Crippen molar-refractivity contribution in [1.82, 2.24) is 0 Å². The van der Waals surface area contributed by atoms with Gasteiger partial charge in [-0.05, 0) is 19.3 Å². The van der Waals surface area contributed by atoms with Crippen LogP contribution in [0.2, 0.25) is 0 Å². The van der Waals surface area contributed by atoms with E-state index >= 15 is 0 Å². The summed E-state index contributed by atoms with van der Waals surface area (Å²) < 4.78 is 24.0. The van der Waals surface area contributed by atoms with Gasteiger partial charge in [0.15, 0.2) is 0 Å². The van der Waals surface area contributed by atoms with Gasteiger partial charge >= 0.3 is 5.69 Å². The van der Waals surface area contributed by atoms with Gasteiger partial charge in [-0.1, -0.05) is 0 Å². The molecule has 2 atom stereocenters. The third-order valence-corrected chi connectivity index (χ3v) is 3.53. The van der Waals surface area contributed by atoms with Crippen LogP contribution in [0.1, 0.15) is 19.3 Å². The first-order chi connectivity index (χ1) is 9.55. The highest BCUT2D eigenvalue weighted by Gasteiger charge is 2.28. The molecule has 2 rings (SSSR count). The van der Waals surface area contributed by atoms with Gasteiger partial charge in [-0.3, -0.25) is 10.1 Å². The van der Waals surface area contributed by atoms with Crippen LogP contribution in [0, 0.1) is 15.9 Å². The van der Waals surface area contributed by atoms with E-state index in [0.29, 0.717) is 0 Å². The zero-order valence-electron chi connectivity index (χ0n) is 11.4. The third kappa shape index (κ3) is 2.98. The number of rotatable bonds is 5. The van der Waals surface area contributed by atoms with Crippen molar-refractivity contribution in [2.45, 2.75) is 31.4 Å². The Hall–Kier alpha value is -1.89. The Morgan fingerprint density at radius 2 is 2.15 bits per heavy atom. The molecule has 0 spiro atoms. The first-order valence-corrected chi connectivity index (χ1v) is 6.36. The Kier molecular flexibility index (Phi) is 4.39. The van der Waals surface area contributed by atoms with Crippen LogP contribution in [0.15, 0.2) is 12.1 Å². The van der Waals surface area contributed by atoms with Crippen LogP contribution in [0.4, 0.5) is 15.8 Å². The maximum atomic E-state index is 13.8. The van der Waals surface area contributed by atoms with Gasteiger partial charge in [0.2, 0.25) is 5.82 Å². The second kappa shape index (κ2) is 6.04. The predicted octanol–water partition coefficient (Wildman–Crippen LogP) is 2.72. The number of halogens is 1. The number of nitro groups is 1. The molecule has 110 valence electrons. The monoisotopic (exact) mass is 284 g/mol. The number of methoxy groups -OCH3 is 2. The number of ether oxygens (including phenoxy) is 2. The summed E-state index contributed by atoms with van der Waals surface area (Å²) in [4.78, 5) is 10.3. The summed E-state index contributed by atoms with van der Waals surface area (Å²) in [6.07, 6.45) is 2.59. The topological polar surface area (TPSA) is 73.6 Å². The van der Waals surface area contributed by atoms with Gasteiger partial charge < -0.3 is 14.8 Å². The van der Waals surface area contributed by atoms with Crippen LogP contribution < -0.4 is 10.1 Å². The van der Waals surface area contributed by atoms with Gasteiger partial charge in [0.1, 0.15) is 11.4 Å². The van der Waals surface area contributed by atoms with Crippen LogP contribution in [-0.2, 0) is 4.74 Å². The minimum absolute atomic E-state index is 0.0326. The van der Waals surface area contributed by atoms with Crippen molar-refractivity contribution in [3.8, 4) is 5.75 Å². The Balaban J connectivity index is 2.25. The standard InChI is InChI=1S/C13H17FN2O4/c1-19-9-4-3-8(5-9)15-12-7-10(20-2)6-11(14)13(12)16(17)18/h6-9,15H,3-5H2,1-2H3.